The summed E-state index contributed by atoms with van der Waals surface area (Å²) in [7, 11) is 0. The number of carbonyl (C=O) groups is 1. The minimum Gasteiger partial charge on any atom is -0.494 e. The lowest BCUT2D eigenvalue weighted by atomic mass is 10.1. The maximum absolute atomic E-state index is 13.7. The van der Waals surface area contributed by atoms with Crippen molar-refractivity contribution in [3.63, 3.8) is 0 Å². The van der Waals surface area contributed by atoms with E-state index >= 15 is 0 Å². The van der Waals surface area contributed by atoms with E-state index in [0.29, 0.717) is 40.4 Å². The van der Waals surface area contributed by atoms with Gasteiger partial charge in [-0.15, -0.1) is 0 Å². The number of hydrogen-bond donors (Lipinski definition) is 1. The van der Waals surface area contributed by atoms with Gasteiger partial charge < -0.3 is 19.7 Å². The Morgan fingerprint density at radius 3 is 2.55 bits per heavy atom. The zero-order valence-electron chi connectivity index (χ0n) is 23.0. The number of carbonyl (C=O) groups excluding carboxylic acids is 1. The Morgan fingerprint density at radius 2 is 1.82 bits per heavy atom. The summed E-state index contributed by atoms with van der Waals surface area (Å²) in [4.78, 5) is 33.8. The number of ether oxygens (including phenoxy) is 2. The summed E-state index contributed by atoms with van der Waals surface area (Å²) in [5, 5.41) is 3.30. The lowest BCUT2D eigenvalue weighted by Crippen LogP contribution is -2.37. The zero-order valence-corrected chi connectivity index (χ0v) is 23.0. The van der Waals surface area contributed by atoms with Crippen molar-refractivity contribution in [3.8, 4) is 22.9 Å². The maximum atomic E-state index is 13.7. The van der Waals surface area contributed by atoms with E-state index in [0.717, 1.165) is 13.0 Å². The summed E-state index contributed by atoms with van der Waals surface area (Å²) in [6.45, 7) is 11.5. The summed E-state index contributed by atoms with van der Waals surface area (Å²) >= 11 is 0. The molecule has 0 atom stereocenters. The van der Waals surface area contributed by atoms with Crippen molar-refractivity contribution in [2.75, 3.05) is 26.2 Å². The number of hydrogen-bond acceptors (Lipinski definition) is 6. The fourth-order valence-corrected chi connectivity index (χ4v) is 4.81. The van der Waals surface area contributed by atoms with Crippen LogP contribution in [0.4, 0.5) is 0 Å². The van der Waals surface area contributed by atoms with Crippen LogP contribution >= 0.6 is 0 Å². The summed E-state index contributed by atoms with van der Waals surface area (Å²) < 4.78 is 13.3. The van der Waals surface area contributed by atoms with Gasteiger partial charge in [-0.25, -0.2) is 4.98 Å². The number of aromatic nitrogens is 2. The van der Waals surface area contributed by atoms with E-state index in [1.165, 1.54) is 36.9 Å². The fraction of sp³-hybridized carbons (Fsp3) is 0.500. The highest BCUT2D eigenvalue weighted by Gasteiger charge is 2.18. The predicted molar refractivity (Wildman–Crippen MR) is 151 cm³/mol. The molecule has 0 unspecified atom stereocenters. The number of likely N-dealkylation sites (tertiary alicyclic amines) is 1. The van der Waals surface area contributed by atoms with Crippen LogP contribution in [0, 0.1) is 0 Å². The van der Waals surface area contributed by atoms with Gasteiger partial charge in [-0.2, -0.15) is 0 Å². The topological polar surface area (TPSA) is 85.7 Å². The van der Waals surface area contributed by atoms with Crippen molar-refractivity contribution >= 4 is 16.8 Å². The highest BCUT2D eigenvalue weighted by Crippen LogP contribution is 2.25. The van der Waals surface area contributed by atoms with E-state index in [1.54, 1.807) is 6.07 Å². The summed E-state index contributed by atoms with van der Waals surface area (Å²) in [5.74, 6) is 1.49. The van der Waals surface area contributed by atoms with Crippen LogP contribution in [0.1, 0.15) is 53.4 Å². The molecular weight excluding hydrogens is 480 g/mol. The normalized spacial score (nSPS) is 14.3. The van der Waals surface area contributed by atoms with Crippen molar-refractivity contribution in [1.82, 2.24) is 19.8 Å². The molecule has 0 radical (unpaired) electrons. The molecule has 0 saturated carbocycles. The standard InChI is InChI=1S/C30H40N4O4/c1-21(2)31-28(35)20-34-29(23-10-8-11-25(18-23)38-22(3)4)32-27-13-12-24(19-26(27)30(34)36)37-17-9-16-33-14-6-5-7-15-33/h8,10-13,18-19,21-22H,5-7,9,14-17,20H2,1-4H3,(H,31,35). The van der Waals surface area contributed by atoms with Gasteiger partial charge in [0.15, 0.2) is 0 Å². The first-order valence-electron chi connectivity index (χ1n) is 13.8. The Balaban J connectivity index is 1.62. The van der Waals surface area contributed by atoms with Gasteiger partial charge in [-0.3, -0.25) is 14.2 Å². The SMILES string of the molecule is CC(C)NC(=O)Cn1c(-c2cccc(OC(C)C)c2)nc2ccc(OCCCN3CCCCC3)cc2c1=O. The molecule has 2 heterocycles. The highest BCUT2D eigenvalue weighted by molar-refractivity contribution is 5.83. The first kappa shape index (κ1) is 27.6. The quantitative estimate of drug-likeness (QED) is 0.371. The molecule has 3 aromatic rings. The van der Waals surface area contributed by atoms with Crippen LogP contribution in [-0.4, -0.2) is 58.7 Å². The lowest BCUT2D eigenvalue weighted by molar-refractivity contribution is -0.122. The van der Waals surface area contributed by atoms with Crippen molar-refractivity contribution in [2.45, 2.75) is 72.1 Å². The second-order valence-electron chi connectivity index (χ2n) is 10.5. The van der Waals surface area contributed by atoms with Crippen molar-refractivity contribution in [3.05, 3.63) is 52.8 Å². The van der Waals surface area contributed by atoms with Crippen LogP contribution in [0.15, 0.2) is 47.3 Å². The zero-order chi connectivity index (χ0) is 27.1. The lowest BCUT2D eigenvalue weighted by Gasteiger charge is -2.26. The van der Waals surface area contributed by atoms with Crippen LogP contribution < -0.4 is 20.3 Å². The first-order valence-corrected chi connectivity index (χ1v) is 13.8. The van der Waals surface area contributed by atoms with Crippen LogP contribution in [0.2, 0.25) is 0 Å². The van der Waals surface area contributed by atoms with Gasteiger partial charge in [0, 0.05) is 18.2 Å². The van der Waals surface area contributed by atoms with Crippen LogP contribution in [-0.2, 0) is 11.3 Å². The largest absolute Gasteiger partial charge is 0.494 e. The first-order chi connectivity index (χ1) is 18.3. The van der Waals surface area contributed by atoms with E-state index < -0.39 is 0 Å². The maximum Gasteiger partial charge on any atom is 0.262 e. The van der Waals surface area contributed by atoms with Gasteiger partial charge in [0.2, 0.25) is 5.91 Å². The predicted octanol–water partition coefficient (Wildman–Crippen LogP) is 4.63. The molecule has 0 aliphatic carbocycles. The Labute approximate surface area is 225 Å². The molecule has 204 valence electrons. The minimum absolute atomic E-state index is 0.00657. The summed E-state index contributed by atoms with van der Waals surface area (Å²) in [6, 6.07) is 12.8. The van der Waals surface area contributed by atoms with Crippen LogP contribution in [0.25, 0.3) is 22.3 Å². The molecule has 38 heavy (non-hydrogen) atoms. The van der Waals surface area contributed by atoms with Gasteiger partial charge >= 0.3 is 0 Å². The molecule has 0 spiro atoms. The van der Waals surface area contributed by atoms with E-state index in [4.69, 9.17) is 14.5 Å². The minimum atomic E-state index is -0.280. The van der Waals surface area contributed by atoms with E-state index in [9.17, 15) is 9.59 Å². The molecule has 1 fully saturated rings. The number of fused-ring (bicyclic) bond motifs is 1. The van der Waals surface area contributed by atoms with E-state index in [1.807, 2.05) is 64.1 Å². The fourth-order valence-electron chi connectivity index (χ4n) is 4.81. The number of nitrogens with zero attached hydrogens (tertiary/aromatic N) is 3. The molecule has 8 nitrogen and oxygen atoms in total. The third-order valence-electron chi connectivity index (χ3n) is 6.48. The third-order valence-corrected chi connectivity index (χ3v) is 6.48. The van der Waals surface area contributed by atoms with Crippen molar-refractivity contribution < 1.29 is 14.3 Å². The molecule has 1 aliphatic rings. The highest BCUT2D eigenvalue weighted by atomic mass is 16.5. The number of nitrogens with one attached hydrogen (secondary N) is 1. The molecule has 1 aromatic heterocycles. The monoisotopic (exact) mass is 520 g/mol. The van der Waals surface area contributed by atoms with E-state index in [2.05, 4.69) is 10.2 Å². The Morgan fingerprint density at radius 1 is 1.03 bits per heavy atom. The molecular formula is C30H40N4O4. The van der Waals surface area contributed by atoms with Gasteiger partial charge in [-0.05, 0) is 90.4 Å². The molecule has 0 bridgehead atoms. The number of amides is 1. The second-order valence-corrected chi connectivity index (χ2v) is 10.5. The summed E-state index contributed by atoms with van der Waals surface area (Å²) in [5.41, 5.74) is 0.983. The smallest absolute Gasteiger partial charge is 0.262 e. The molecule has 4 rings (SSSR count). The van der Waals surface area contributed by atoms with Crippen LogP contribution in [0.5, 0.6) is 11.5 Å². The third kappa shape index (κ3) is 7.34. The summed E-state index contributed by atoms with van der Waals surface area (Å²) in [6.07, 6.45) is 4.82. The number of benzene rings is 2. The Hall–Kier alpha value is -3.39. The van der Waals surface area contributed by atoms with Crippen LogP contribution in [0.3, 0.4) is 0 Å². The molecule has 1 aliphatic heterocycles. The molecule has 8 heteroatoms. The molecule has 1 amide bonds. The van der Waals surface area contributed by atoms with Crippen molar-refractivity contribution in [2.24, 2.45) is 0 Å². The van der Waals surface area contributed by atoms with Gasteiger partial charge in [0.25, 0.3) is 5.56 Å². The average molecular weight is 521 g/mol. The van der Waals surface area contributed by atoms with E-state index in [-0.39, 0.29) is 30.2 Å². The average Bonchev–Trinajstić information content (AvgIpc) is 2.88. The molecule has 1 N–H and O–H groups in total. The Bertz CT molecular complexity index is 1300. The molecule has 2 aromatic carbocycles. The second kappa shape index (κ2) is 12.9. The number of rotatable bonds is 11. The van der Waals surface area contributed by atoms with Gasteiger partial charge in [0.1, 0.15) is 23.9 Å². The van der Waals surface area contributed by atoms with Gasteiger partial charge in [-0.1, -0.05) is 18.6 Å². The Kier molecular flexibility index (Phi) is 9.39. The van der Waals surface area contributed by atoms with Crippen molar-refractivity contribution in [1.29, 1.82) is 0 Å². The molecule has 1 saturated heterocycles. The van der Waals surface area contributed by atoms with Gasteiger partial charge in [0.05, 0.1) is 23.6 Å². The number of piperidine rings is 1.